The van der Waals surface area contributed by atoms with Gasteiger partial charge in [0.2, 0.25) is 17.3 Å². The van der Waals surface area contributed by atoms with Gasteiger partial charge in [-0.2, -0.15) is 4.57 Å². The Balaban J connectivity index is 1.49. The Labute approximate surface area is 202 Å². The molecule has 1 atom stereocenters. The minimum absolute atomic E-state index is 0.000906. The molecule has 2 aliphatic heterocycles. The molecule has 1 amide bonds. The fourth-order valence-corrected chi connectivity index (χ4v) is 6.13. The van der Waals surface area contributed by atoms with Crippen LogP contribution in [0.4, 0.5) is 14.6 Å². The van der Waals surface area contributed by atoms with Crippen LogP contribution in [0.3, 0.4) is 0 Å². The average Bonchev–Trinajstić information content (AvgIpc) is 3.49. The summed E-state index contributed by atoms with van der Waals surface area (Å²) in [5.74, 6) is -1.65. The predicted octanol–water partition coefficient (Wildman–Crippen LogP) is 3.58. The number of alkyl halides is 2. The monoisotopic (exact) mass is 484 g/mol. The summed E-state index contributed by atoms with van der Waals surface area (Å²) in [4.78, 5) is 25.1. The molecule has 10 heteroatoms. The number of aromatic nitrogens is 5. The van der Waals surface area contributed by atoms with Gasteiger partial charge in [0.1, 0.15) is 5.82 Å². The van der Waals surface area contributed by atoms with Gasteiger partial charge in [-0.05, 0) is 24.3 Å². The fourth-order valence-electron chi connectivity index (χ4n) is 6.13. The van der Waals surface area contributed by atoms with Gasteiger partial charge in [0.15, 0.2) is 6.20 Å². The first-order valence-corrected chi connectivity index (χ1v) is 12.4. The van der Waals surface area contributed by atoms with E-state index in [2.05, 4.69) is 53.2 Å². The number of hydrogen-bond acceptors (Lipinski definition) is 4. The first-order chi connectivity index (χ1) is 16.5. The van der Waals surface area contributed by atoms with Gasteiger partial charge < -0.3 is 9.88 Å². The number of H-pyrrole nitrogens is 1. The van der Waals surface area contributed by atoms with Crippen molar-refractivity contribution in [1.29, 1.82) is 0 Å². The summed E-state index contributed by atoms with van der Waals surface area (Å²) in [6, 6.07) is 2.10. The van der Waals surface area contributed by atoms with Crippen molar-refractivity contribution in [2.45, 2.75) is 76.3 Å². The molecule has 3 aromatic heterocycles. The van der Waals surface area contributed by atoms with Crippen molar-refractivity contribution in [2.75, 3.05) is 24.5 Å². The standard InChI is InChI=1S/C25H32F2N7O/c1-23(2,3)17-11-18(16-5-7-25(26,27)8-6-16)30-33-13-19-22(35)32-10-9-31(20-12-28-15-29-20)14-24(32,4)34(19)21(17)33/h11-13,15-16H,5-10,14H2,1-4H3,(H,28,29)/q+1. The first kappa shape index (κ1) is 22.4. The van der Waals surface area contributed by atoms with Gasteiger partial charge in [-0.25, -0.2) is 13.8 Å². The molecule has 3 aromatic rings. The van der Waals surface area contributed by atoms with Gasteiger partial charge in [0, 0.05) is 38.8 Å². The van der Waals surface area contributed by atoms with Crippen molar-refractivity contribution < 1.29 is 18.1 Å². The van der Waals surface area contributed by atoms with Crippen LogP contribution in [0.5, 0.6) is 0 Å². The van der Waals surface area contributed by atoms with Crippen LogP contribution >= 0.6 is 0 Å². The Morgan fingerprint density at radius 3 is 2.60 bits per heavy atom. The van der Waals surface area contributed by atoms with Crippen LogP contribution in [0.25, 0.3) is 5.65 Å². The molecule has 1 N–H and O–H groups in total. The molecular formula is C25H32F2N7O+. The van der Waals surface area contributed by atoms with E-state index in [4.69, 9.17) is 5.10 Å². The highest BCUT2D eigenvalue weighted by Crippen LogP contribution is 2.42. The third kappa shape index (κ3) is 3.36. The molecule has 1 unspecified atom stereocenters. The summed E-state index contributed by atoms with van der Waals surface area (Å²) in [7, 11) is 0. The second kappa shape index (κ2) is 7.24. The number of carbonyl (C=O) groups excluding carboxylic acids is 1. The Morgan fingerprint density at radius 2 is 1.94 bits per heavy atom. The van der Waals surface area contributed by atoms with E-state index in [9.17, 15) is 13.6 Å². The lowest BCUT2D eigenvalue weighted by atomic mass is 9.82. The van der Waals surface area contributed by atoms with Crippen LogP contribution in [0.2, 0.25) is 0 Å². The number of hydrogen-bond donors (Lipinski definition) is 1. The van der Waals surface area contributed by atoms with Crippen molar-refractivity contribution in [1.82, 2.24) is 24.5 Å². The summed E-state index contributed by atoms with van der Waals surface area (Å²) in [6.45, 7) is 10.5. The maximum Gasteiger partial charge on any atom is 0.313 e. The zero-order valence-electron chi connectivity index (χ0n) is 20.7. The highest BCUT2D eigenvalue weighted by molar-refractivity contribution is 5.93. The lowest BCUT2D eigenvalue weighted by molar-refractivity contribution is -0.746. The maximum absolute atomic E-state index is 13.8. The second-order valence-electron chi connectivity index (χ2n) is 11.5. The quantitative estimate of drug-likeness (QED) is 0.565. The number of fused-ring (bicyclic) bond motifs is 5. The summed E-state index contributed by atoms with van der Waals surface area (Å²) in [5.41, 5.74) is 2.58. The fraction of sp³-hybridized carbons (Fsp3) is 0.600. The number of anilines is 1. The van der Waals surface area contributed by atoms with E-state index in [1.54, 1.807) is 12.5 Å². The average molecular weight is 485 g/mol. The molecule has 2 fully saturated rings. The Hall–Kier alpha value is -3.04. The molecule has 35 heavy (non-hydrogen) atoms. The molecule has 0 spiro atoms. The molecule has 1 saturated carbocycles. The van der Waals surface area contributed by atoms with E-state index in [0.29, 0.717) is 31.6 Å². The van der Waals surface area contributed by atoms with Crippen molar-refractivity contribution >= 4 is 17.4 Å². The van der Waals surface area contributed by atoms with Crippen molar-refractivity contribution in [3.63, 3.8) is 0 Å². The minimum Gasteiger partial charge on any atom is -0.349 e. The summed E-state index contributed by atoms with van der Waals surface area (Å²) < 4.78 is 31.6. The molecule has 1 saturated heterocycles. The summed E-state index contributed by atoms with van der Waals surface area (Å²) >= 11 is 0. The van der Waals surface area contributed by atoms with Crippen LogP contribution in [-0.4, -0.2) is 55.9 Å². The number of piperazine rings is 1. The van der Waals surface area contributed by atoms with Crippen molar-refractivity contribution in [2.24, 2.45) is 0 Å². The smallest absolute Gasteiger partial charge is 0.313 e. The number of amides is 1. The Morgan fingerprint density at radius 1 is 1.20 bits per heavy atom. The molecular weight excluding hydrogens is 452 g/mol. The number of nitrogens with one attached hydrogen (secondary N) is 1. The highest BCUT2D eigenvalue weighted by Gasteiger charge is 2.57. The van der Waals surface area contributed by atoms with E-state index < -0.39 is 11.6 Å². The molecule has 1 aliphatic carbocycles. The van der Waals surface area contributed by atoms with Crippen LogP contribution < -0.4 is 9.47 Å². The number of imidazole rings is 2. The molecule has 0 bridgehead atoms. The number of aromatic amines is 1. The number of halogens is 2. The molecule has 8 nitrogen and oxygen atoms in total. The predicted molar refractivity (Wildman–Crippen MR) is 126 cm³/mol. The van der Waals surface area contributed by atoms with Gasteiger partial charge in [-0.15, -0.1) is 0 Å². The summed E-state index contributed by atoms with van der Waals surface area (Å²) in [6.07, 6.45) is 5.95. The highest BCUT2D eigenvalue weighted by atomic mass is 19.3. The second-order valence-corrected chi connectivity index (χ2v) is 11.5. The largest absolute Gasteiger partial charge is 0.349 e. The Kier molecular flexibility index (Phi) is 4.64. The van der Waals surface area contributed by atoms with Crippen LogP contribution in [-0.2, 0) is 11.1 Å². The van der Waals surface area contributed by atoms with Crippen LogP contribution in [0.15, 0.2) is 24.8 Å². The topological polar surface area (TPSA) is 73.4 Å². The molecule has 0 aromatic carbocycles. The lowest BCUT2D eigenvalue weighted by Gasteiger charge is -2.43. The molecule has 5 heterocycles. The Bertz CT molecular complexity index is 1300. The molecule has 0 radical (unpaired) electrons. The van der Waals surface area contributed by atoms with Crippen molar-refractivity contribution in [3.05, 3.63) is 41.7 Å². The van der Waals surface area contributed by atoms with E-state index in [-0.39, 0.29) is 30.1 Å². The van der Waals surface area contributed by atoms with Crippen LogP contribution in [0.1, 0.15) is 81.0 Å². The van der Waals surface area contributed by atoms with Gasteiger partial charge in [0.25, 0.3) is 0 Å². The molecule has 3 aliphatic rings. The molecule has 186 valence electrons. The minimum atomic E-state index is -2.58. The summed E-state index contributed by atoms with van der Waals surface area (Å²) in [5, 5.41) is 4.91. The third-order valence-electron chi connectivity index (χ3n) is 8.05. The molecule has 6 rings (SSSR count). The number of rotatable bonds is 2. The van der Waals surface area contributed by atoms with Gasteiger partial charge in [-0.3, -0.25) is 9.69 Å². The van der Waals surface area contributed by atoms with Gasteiger partial charge >= 0.3 is 11.6 Å². The number of nitrogens with zero attached hydrogens (tertiary/aromatic N) is 6. The van der Waals surface area contributed by atoms with Gasteiger partial charge in [-0.1, -0.05) is 30.4 Å². The van der Waals surface area contributed by atoms with Gasteiger partial charge in [0.05, 0.1) is 30.3 Å². The SMILES string of the molecule is CC(C)(C)c1cc(C2CCC(F)(F)CC2)nn2cc3[n+](c12)C1(C)CN(c2cnc[nH]2)CCN1C3=O. The lowest BCUT2D eigenvalue weighted by Crippen LogP contribution is -2.69. The number of carbonyl (C=O) groups is 1. The third-order valence-corrected chi connectivity index (χ3v) is 8.05. The van der Waals surface area contributed by atoms with E-state index in [1.165, 1.54) is 0 Å². The zero-order chi connectivity index (χ0) is 24.8. The van der Waals surface area contributed by atoms with Crippen molar-refractivity contribution in [3.8, 4) is 0 Å². The van der Waals surface area contributed by atoms with E-state index in [0.717, 1.165) is 29.3 Å². The maximum atomic E-state index is 13.8. The zero-order valence-corrected chi connectivity index (χ0v) is 20.7. The normalized spacial score (nSPS) is 24.8. The van der Waals surface area contributed by atoms with E-state index >= 15 is 0 Å². The van der Waals surface area contributed by atoms with Crippen LogP contribution in [0, 0.1) is 0 Å². The van der Waals surface area contributed by atoms with E-state index in [1.807, 2.05) is 15.6 Å². The first-order valence-electron chi connectivity index (χ1n) is 12.4.